The normalized spacial score (nSPS) is 11.7. The molecule has 1 N–H and O–H groups in total. The molecule has 2 heteroatoms. The minimum atomic E-state index is 0.166. The molecule has 0 amide bonds. The van der Waals surface area contributed by atoms with Crippen molar-refractivity contribution in [3.63, 3.8) is 0 Å². The van der Waals surface area contributed by atoms with E-state index in [0.29, 0.717) is 0 Å². The van der Waals surface area contributed by atoms with Crippen LogP contribution in [0.5, 0.6) is 0 Å². The predicted octanol–water partition coefficient (Wildman–Crippen LogP) is 11.1. The molecule has 0 saturated heterocycles. The molecule has 0 aliphatic carbocycles. The second-order valence-corrected chi connectivity index (χ2v) is 11.3. The predicted molar refractivity (Wildman–Crippen MR) is 152 cm³/mol. The Bertz CT molecular complexity index is 355. The summed E-state index contributed by atoms with van der Waals surface area (Å²) in [5.74, 6) is 0. The summed E-state index contributed by atoms with van der Waals surface area (Å²) in [6.45, 7) is 2.29. The first-order chi connectivity index (χ1) is 16.4. The van der Waals surface area contributed by atoms with E-state index in [4.69, 9.17) is 4.80 Å². The lowest BCUT2D eigenvalue weighted by Gasteiger charge is -2.04. The van der Waals surface area contributed by atoms with Gasteiger partial charge in [0.05, 0.1) is 0 Å². The number of hydrogen-bond donors (Lipinski definition) is 1. The first-order valence-corrected chi connectivity index (χ1v) is 16.6. The van der Waals surface area contributed by atoms with Crippen LogP contribution < -0.4 is 0 Å². The topological polar surface area (TPSA) is 20.2 Å². The third kappa shape index (κ3) is 31.9. The summed E-state index contributed by atoms with van der Waals surface area (Å²) in [6.07, 6.45) is 43.1. The SMILES string of the molecule is CCCCCCCCC=CCCCCCCCCCCCCCCCCCCCCC[Si]O. The molecule has 0 aromatic rings. The van der Waals surface area contributed by atoms with E-state index >= 15 is 0 Å². The van der Waals surface area contributed by atoms with Crippen LogP contribution in [0.4, 0.5) is 0 Å². The Kier molecular flexibility index (Phi) is 31.8. The van der Waals surface area contributed by atoms with Crippen molar-refractivity contribution >= 4 is 9.76 Å². The molecule has 0 spiro atoms. The molecular formula is C31H62OSi. The first-order valence-electron chi connectivity index (χ1n) is 15.4. The molecule has 0 saturated carbocycles. The third-order valence-corrected chi connectivity index (χ3v) is 7.63. The van der Waals surface area contributed by atoms with E-state index in [9.17, 15) is 0 Å². The number of allylic oxidation sites excluding steroid dienone is 2. The van der Waals surface area contributed by atoms with Crippen LogP contribution >= 0.6 is 0 Å². The molecule has 0 atom stereocenters. The molecule has 0 heterocycles. The van der Waals surface area contributed by atoms with Crippen LogP contribution in [0.15, 0.2) is 12.2 Å². The van der Waals surface area contributed by atoms with E-state index in [1.807, 2.05) is 0 Å². The van der Waals surface area contributed by atoms with Gasteiger partial charge in [-0.1, -0.05) is 167 Å². The van der Waals surface area contributed by atoms with Crippen LogP contribution in [0, 0.1) is 0 Å². The smallest absolute Gasteiger partial charge is 0.224 e. The Morgan fingerprint density at radius 2 is 0.667 bits per heavy atom. The molecular weight excluding hydrogens is 416 g/mol. The molecule has 0 aromatic heterocycles. The van der Waals surface area contributed by atoms with Gasteiger partial charge in [-0.05, 0) is 31.7 Å². The summed E-state index contributed by atoms with van der Waals surface area (Å²) < 4.78 is 0. The number of rotatable bonds is 29. The zero-order valence-corrected chi connectivity index (χ0v) is 23.9. The van der Waals surface area contributed by atoms with Crippen molar-refractivity contribution in [3.8, 4) is 0 Å². The first kappa shape index (κ1) is 32.9. The lowest BCUT2D eigenvalue weighted by Crippen LogP contribution is -1.86. The highest BCUT2D eigenvalue weighted by molar-refractivity contribution is 6.25. The number of hydrogen-bond acceptors (Lipinski definition) is 1. The molecule has 0 unspecified atom stereocenters. The minimum Gasteiger partial charge on any atom is -0.432 e. The molecule has 0 aromatic carbocycles. The van der Waals surface area contributed by atoms with Gasteiger partial charge in [-0.3, -0.25) is 0 Å². The third-order valence-electron chi connectivity index (χ3n) is 7.05. The van der Waals surface area contributed by atoms with E-state index in [2.05, 4.69) is 19.1 Å². The molecule has 0 aliphatic rings. The van der Waals surface area contributed by atoms with E-state index in [-0.39, 0.29) is 9.76 Å². The maximum Gasteiger partial charge on any atom is 0.224 e. The summed E-state index contributed by atoms with van der Waals surface area (Å²) in [5.41, 5.74) is 0. The lowest BCUT2D eigenvalue weighted by molar-refractivity contribution is 0.523. The Morgan fingerprint density at radius 3 is 0.970 bits per heavy atom. The second kappa shape index (κ2) is 31.9. The van der Waals surface area contributed by atoms with Gasteiger partial charge >= 0.3 is 0 Å². The maximum atomic E-state index is 8.79. The van der Waals surface area contributed by atoms with Gasteiger partial charge < -0.3 is 4.80 Å². The highest BCUT2D eigenvalue weighted by Crippen LogP contribution is 2.15. The average Bonchev–Trinajstić information content (AvgIpc) is 2.83. The molecule has 0 rings (SSSR count). The van der Waals surface area contributed by atoms with Crippen molar-refractivity contribution in [2.75, 3.05) is 0 Å². The molecule has 196 valence electrons. The van der Waals surface area contributed by atoms with Gasteiger partial charge in [0.25, 0.3) is 0 Å². The molecule has 2 radical (unpaired) electrons. The standard InChI is InChI=1S/C31H62OSi/c1-2-3-4-5-6-7-8-9-10-11-12-13-14-15-16-17-18-19-20-21-22-23-24-25-26-27-28-29-30-31-33-32/h9-10,32H,2-8,11-31H2,1H3. The number of unbranched alkanes of at least 4 members (excludes halogenated alkanes) is 25. The Hall–Kier alpha value is -0.0831. The van der Waals surface area contributed by atoms with Gasteiger partial charge in [0.2, 0.25) is 9.76 Å². The van der Waals surface area contributed by atoms with Gasteiger partial charge in [0, 0.05) is 0 Å². The van der Waals surface area contributed by atoms with Crippen LogP contribution in [0.3, 0.4) is 0 Å². The Balaban J connectivity index is 3.04. The fourth-order valence-electron chi connectivity index (χ4n) is 4.75. The lowest BCUT2D eigenvalue weighted by atomic mass is 10.0. The van der Waals surface area contributed by atoms with Crippen molar-refractivity contribution in [2.45, 2.75) is 186 Å². The fourth-order valence-corrected chi connectivity index (χ4v) is 5.16. The zero-order valence-electron chi connectivity index (χ0n) is 22.9. The van der Waals surface area contributed by atoms with Crippen LogP contribution in [-0.4, -0.2) is 14.6 Å². The summed E-state index contributed by atoms with van der Waals surface area (Å²) >= 11 is 0. The van der Waals surface area contributed by atoms with Gasteiger partial charge in [0.15, 0.2) is 0 Å². The van der Waals surface area contributed by atoms with E-state index in [1.54, 1.807) is 0 Å². The van der Waals surface area contributed by atoms with Crippen LogP contribution in [0.2, 0.25) is 6.04 Å². The molecule has 0 fully saturated rings. The van der Waals surface area contributed by atoms with Crippen molar-refractivity contribution in [1.82, 2.24) is 0 Å². The largest absolute Gasteiger partial charge is 0.432 e. The zero-order chi connectivity index (χ0) is 23.9. The van der Waals surface area contributed by atoms with Crippen molar-refractivity contribution < 1.29 is 4.80 Å². The Labute approximate surface area is 212 Å². The van der Waals surface area contributed by atoms with Crippen LogP contribution in [0.1, 0.15) is 180 Å². The second-order valence-electron chi connectivity index (χ2n) is 10.4. The average molecular weight is 479 g/mol. The van der Waals surface area contributed by atoms with Crippen LogP contribution in [-0.2, 0) is 0 Å². The van der Waals surface area contributed by atoms with Gasteiger partial charge in [0.1, 0.15) is 0 Å². The maximum absolute atomic E-state index is 8.79. The molecule has 1 nitrogen and oxygen atoms in total. The summed E-state index contributed by atoms with van der Waals surface area (Å²) in [5, 5.41) is 0. The van der Waals surface area contributed by atoms with E-state index < -0.39 is 0 Å². The Morgan fingerprint density at radius 1 is 0.394 bits per heavy atom. The summed E-state index contributed by atoms with van der Waals surface area (Å²) in [6, 6.07) is 1.03. The highest BCUT2D eigenvalue weighted by Gasteiger charge is 1.96. The van der Waals surface area contributed by atoms with Crippen molar-refractivity contribution in [1.29, 1.82) is 0 Å². The van der Waals surface area contributed by atoms with Gasteiger partial charge in [-0.2, -0.15) is 0 Å². The monoisotopic (exact) mass is 478 g/mol. The summed E-state index contributed by atoms with van der Waals surface area (Å²) in [4.78, 5) is 8.79. The fraction of sp³-hybridized carbons (Fsp3) is 0.935. The van der Waals surface area contributed by atoms with Gasteiger partial charge in [-0.25, -0.2) is 0 Å². The van der Waals surface area contributed by atoms with Crippen LogP contribution in [0.25, 0.3) is 0 Å². The molecule has 33 heavy (non-hydrogen) atoms. The van der Waals surface area contributed by atoms with E-state index in [1.165, 1.54) is 173 Å². The van der Waals surface area contributed by atoms with E-state index in [0.717, 1.165) is 6.04 Å². The highest BCUT2D eigenvalue weighted by atomic mass is 28.2. The molecule has 0 bridgehead atoms. The van der Waals surface area contributed by atoms with Gasteiger partial charge in [-0.15, -0.1) is 0 Å². The molecule has 0 aliphatic heterocycles. The minimum absolute atomic E-state index is 0.166. The van der Waals surface area contributed by atoms with Crippen molar-refractivity contribution in [2.24, 2.45) is 0 Å². The van der Waals surface area contributed by atoms with Crippen molar-refractivity contribution in [3.05, 3.63) is 12.2 Å². The quantitative estimate of drug-likeness (QED) is 0.0643. The summed E-state index contributed by atoms with van der Waals surface area (Å²) in [7, 11) is 0.166.